The predicted octanol–water partition coefficient (Wildman–Crippen LogP) is 3.55. The van der Waals surface area contributed by atoms with Crippen molar-refractivity contribution < 1.29 is 9.47 Å². The molecule has 1 saturated heterocycles. The lowest BCUT2D eigenvalue weighted by Gasteiger charge is -2.22. The zero-order chi connectivity index (χ0) is 14.7. The number of aryl methyl sites for hydroxylation is 1. The molecule has 0 saturated carbocycles. The van der Waals surface area contributed by atoms with E-state index in [1.165, 1.54) is 0 Å². The molecule has 0 amide bonds. The highest BCUT2D eigenvalue weighted by atomic mass is 16.5. The van der Waals surface area contributed by atoms with E-state index in [0.29, 0.717) is 11.3 Å². The number of nitrogens with zero attached hydrogens (tertiary/aromatic N) is 3. The van der Waals surface area contributed by atoms with Crippen molar-refractivity contribution >= 4 is 0 Å². The van der Waals surface area contributed by atoms with Crippen LogP contribution >= 0.6 is 0 Å². The normalized spacial score (nSPS) is 18.2. The average molecular weight is 283 g/mol. The van der Waals surface area contributed by atoms with E-state index in [1.54, 1.807) is 12.3 Å². The Morgan fingerprint density at radius 1 is 1.43 bits per heavy atom. The molecule has 5 heteroatoms. The molecule has 21 heavy (non-hydrogen) atoms. The van der Waals surface area contributed by atoms with Crippen LogP contribution in [-0.4, -0.2) is 16.4 Å². The van der Waals surface area contributed by atoms with Gasteiger partial charge in [-0.25, -0.2) is 4.68 Å². The molecule has 0 aliphatic carbocycles. The molecule has 1 aliphatic heterocycles. The third-order valence-electron chi connectivity index (χ3n) is 3.56. The zero-order valence-corrected chi connectivity index (χ0v) is 12.0. The minimum Gasteiger partial charge on any atom is -0.454 e. The molecule has 1 aromatic heterocycles. The first-order chi connectivity index (χ1) is 10.3. The number of aromatic nitrogens is 2. The number of hydrogen-bond acceptors (Lipinski definition) is 4. The Bertz CT molecular complexity index is 666. The van der Waals surface area contributed by atoms with Gasteiger partial charge in [-0.15, -0.1) is 0 Å². The van der Waals surface area contributed by atoms with Gasteiger partial charge in [0.25, 0.3) is 0 Å². The molecular weight excluding hydrogens is 266 g/mol. The highest BCUT2D eigenvalue weighted by Crippen LogP contribution is 2.28. The second-order valence-corrected chi connectivity index (χ2v) is 5.17. The third kappa shape index (κ3) is 3.06. The third-order valence-corrected chi connectivity index (χ3v) is 3.56. The fourth-order valence-corrected chi connectivity index (χ4v) is 2.42. The first kappa shape index (κ1) is 13.7. The lowest BCUT2D eigenvalue weighted by molar-refractivity contribution is -0.0395. The lowest BCUT2D eigenvalue weighted by atomic mass is 10.1. The summed E-state index contributed by atoms with van der Waals surface area (Å²) in [6, 6.07) is 7.48. The van der Waals surface area contributed by atoms with E-state index in [1.807, 2.05) is 29.9 Å². The molecule has 1 fully saturated rings. The van der Waals surface area contributed by atoms with Crippen LogP contribution in [0.3, 0.4) is 0 Å². The standard InChI is InChI=1S/C16H17N3O2/c1-12-8-13(9-17)5-6-15(12)21-14-10-18-19(11-14)16-4-2-3-7-20-16/h5-6,8,10-11,16H,2-4,7H2,1H3. The molecule has 2 heterocycles. The Balaban J connectivity index is 1.73. The van der Waals surface area contributed by atoms with E-state index in [-0.39, 0.29) is 6.23 Å². The Morgan fingerprint density at radius 3 is 3.05 bits per heavy atom. The monoisotopic (exact) mass is 283 g/mol. The van der Waals surface area contributed by atoms with Crippen molar-refractivity contribution in [3.05, 3.63) is 41.7 Å². The molecule has 1 unspecified atom stereocenters. The summed E-state index contributed by atoms with van der Waals surface area (Å²) in [5.74, 6) is 1.41. The van der Waals surface area contributed by atoms with Crippen LogP contribution in [0.1, 0.15) is 36.6 Å². The van der Waals surface area contributed by atoms with Crippen LogP contribution in [0.15, 0.2) is 30.6 Å². The van der Waals surface area contributed by atoms with E-state index in [0.717, 1.165) is 37.2 Å². The second kappa shape index (κ2) is 5.98. The van der Waals surface area contributed by atoms with Gasteiger partial charge in [0.05, 0.1) is 24.0 Å². The maximum Gasteiger partial charge on any atom is 0.165 e. The van der Waals surface area contributed by atoms with Gasteiger partial charge in [0.1, 0.15) is 12.0 Å². The molecule has 0 bridgehead atoms. The van der Waals surface area contributed by atoms with Crippen molar-refractivity contribution in [3.63, 3.8) is 0 Å². The Hall–Kier alpha value is -2.32. The van der Waals surface area contributed by atoms with Gasteiger partial charge in [0.2, 0.25) is 0 Å². The van der Waals surface area contributed by atoms with Crippen LogP contribution in [0, 0.1) is 18.3 Å². The van der Waals surface area contributed by atoms with E-state index in [2.05, 4.69) is 11.2 Å². The molecule has 0 spiro atoms. The molecule has 5 nitrogen and oxygen atoms in total. The molecule has 2 aromatic rings. The first-order valence-corrected chi connectivity index (χ1v) is 7.10. The SMILES string of the molecule is Cc1cc(C#N)ccc1Oc1cnn(C2CCCCO2)c1. The van der Waals surface area contributed by atoms with Gasteiger partial charge >= 0.3 is 0 Å². The van der Waals surface area contributed by atoms with Crippen molar-refractivity contribution in [2.75, 3.05) is 6.61 Å². The molecule has 0 radical (unpaired) electrons. The van der Waals surface area contributed by atoms with Crippen LogP contribution in [0.5, 0.6) is 11.5 Å². The van der Waals surface area contributed by atoms with E-state index >= 15 is 0 Å². The van der Waals surface area contributed by atoms with Gasteiger partial charge in [-0.05, 0) is 49.9 Å². The van der Waals surface area contributed by atoms with Crippen molar-refractivity contribution in [1.82, 2.24) is 9.78 Å². The summed E-state index contributed by atoms with van der Waals surface area (Å²) in [6.45, 7) is 2.71. The van der Waals surface area contributed by atoms with Gasteiger partial charge in [0.15, 0.2) is 5.75 Å². The summed E-state index contributed by atoms with van der Waals surface area (Å²) >= 11 is 0. The van der Waals surface area contributed by atoms with Crippen LogP contribution in [0.25, 0.3) is 0 Å². The van der Waals surface area contributed by atoms with Crippen LogP contribution in [0.2, 0.25) is 0 Å². The number of ether oxygens (including phenoxy) is 2. The molecule has 1 aromatic carbocycles. The Labute approximate surface area is 123 Å². The quantitative estimate of drug-likeness (QED) is 0.864. The van der Waals surface area contributed by atoms with Crippen LogP contribution < -0.4 is 4.74 Å². The maximum atomic E-state index is 8.87. The van der Waals surface area contributed by atoms with E-state index in [4.69, 9.17) is 14.7 Å². The van der Waals surface area contributed by atoms with E-state index < -0.39 is 0 Å². The predicted molar refractivity (Wildman–Crippen MR) is 77.0 cm³/mol. The summed E-state index contributed by atoms with van der Waals surface area (Å²) in [5.41, 5.74) is 1.56. The Morgan fingerprint density at radius 2 is 2.33 bits per heavy atom. The van der Waals surface area contributed by atoms with Gasteiger partial charge in [-0.1, -0.05) is 0 Å². The summed E-state index contributed by atoms with van der Waals surface area (Å²) in [4.78, 5) is 0. The number of rotatable bonds is 3. The molecule has 1 aliphatic rings. The smallest absolute Gasteiger partial charge is 0.165 e. The van der Waals surface area contributed by atoms with E-state index in [9.17, 15) is 0 Å². The molecular formula is C16H17N3O2. The van der Waals surface area contributed by atoms with Gasteiger partial charge in [0, 0.05) is 6.61 Å². The van der Waals surface area contributed by atoms with Crippen molar-refractivity contribution in [2.45, 2.75) is 32.4 Å². The largest absolute Gasteiger partial charge is 0.454 e. The fraction of sp³-hybridized carbons (Fsp3) is 0.375. The number of nitriles is 1. The zero-order valence-electron chi connectivity index (χ0n) is 12.0. The number of hydrogen-bond donors (Lipinski definition) is 0. The van der Waals surface area contributed by atoms with Crippen molar-refractivity contribution in [2.24, 2.45) is 0 Å². The van der Waals surface area contributed by atoms with Crippen molar-refractivity contribution in [1.29, 1.82) is 5.26 Å². The Kier molecular flexibility index (Phi) is 3.89. The summed E-state index contributed by atoms with van der Waals surface area (Å²) in [6.07, 6.45) is 6.82. The molecule has 0 N–H and O–H groups in total. The summed E-state index contributed by atoms with van der Waals surface area (Å²) < 4.78 is 13.3. The van der Waals surface area contributed by atoms with Gasteiger partial charge in [-0.2, -0.15) is 10.4 Å². The first-order valence-electron chi connectivity index (χ1n) is 7.10. The summed E-state index contributed by atoms with van der Waals surface area (Å²) in [7, 11) is 0. The minimum absolute atomic E-state index is 0.0122. The number of benzene rings is 1. The van der Waals surface area contributed by atoms with Gasteiger partial charge in [-0.3, -0.25) is 0 Å². The highest BCUT2D eigenvalue weighted by molar-refractivity contribution is 5.42. The second-order valence-electron chi connectivity index (χ2n) is 5.17. The van der Waals surface area contributed by atoms with Gasteiger partial charge < -0.3 is 9.47 Å². The molecule has 108 valence electrons. The van der Waals surface area contributed by atoms with Crippen molar-refractivity contribution in [3.8, 4) is 17.6 Å². The summed E-state index contributed by atoms with van der Waals surface area (Å²) in [5, 5.41) is 13.2. The minimum atomic E-state index is 0.0122. The fourth-order valence-electron chi connectivity index (χ4n) is 2.42. The van der Waals surface area contributed by atoms with Crippen LogP contribution in [0.4, 0.5) is 0 Å². The highest BCUT2D eigenvalue weighted by Gasteiger charge is 2.17. The topological polar surface area (TPSA) is 60.1 Å². The maximum absolute atomic E-state index is 8.87. The molecule has 3 rings (SSSR count). The molecule has 1 atom stereocenters. The van der Waals surface area contributed by atoms with Crippen LogP contribution in [-0.2, 0) is 4.74 Å². The average Bonchev–Trinajstić information content (AvgIpc) is 2.99. The lowest BCUT2D eigenvalue weighted by Crippen LogP contribution is -2.18.